The second kappa shape index (κ2) is 10.7. The monoisotopic (exact) mass is 379 g/mol. The Morgan fingerprint density at radius 2 is 2.19 bits per heavy atom. The van der Waals surface area contributed by atoms with Crippen LogP contribution in [0.1, 0.15) is 19.8 Å². The number of ether oxygens (including phenoxy) is 1. The Hall–Kier alpha value is -2.39. The first-order chi connectivity index (χ1) is 13.1. The molecule has 1 heterocycles. The lowest BCUT2D eigenvalue weighted by atomic mass is 9.84. The van der Waals surface area contributed by atoms with Crippen molar-refractivity contribution in [3.63, 3.8) is 0 Å². The van der Waals surface area contributed by atoms with E-state index in [4.69, 9.17) is 4.74 Å². The zero-order valence-corrected chi connectivity index (χ0v) is 15.7. The summed E-state index contributed by atoms with van der Waals surface area (Å²) in [6, 6.07) is 6.58. The van der Waals surface area contributed by atoms with Crippen LogP contribution in [0.5, 0.6) is 0 Å². The minimum Gasteiger partial charge on any atom is -0.396 e. The first-order valence-corrected chi connectivity index (χ1v) is 9.28. The predicted molar refractivity (Wildman–Crippen MR) is 105 cm³/mol. The lowest BCUT2D eigenvalue weighted by Gasteiger charge is -2.24. The maximum Gasteiger partial charge on any atom is 0.292 e. The topological polar surface area (TPSA) is 121 Å². The summed E-state index contributed by atoms with van der Waals surface area (Å²) in [5, 5.41) is 29.8. The van der Waals surface area contributed by atoms with Gasteiger partial charge in [-0.25, -0.2) is 0 Å². The Morgan fingerprint density at radius 3 is 2.85 bits per heavy atom. The van der Waals surface area contributed by atoms with Gasteiger partial charge in [0.25, 0.3) is 5.69 Å². The number of aliphatic hydroxyl groups is 1. The van der Waals surface area contributed by atoms with Gasteiger partial charge in [-0.2, -0.15) is 0 Å². The zero-order valence-electron chi connectivity index (χ0n) is 15.7. The summed E-state index contributed by atoms with van der Waals surface area (Å²) in [5.74, 6) is 0.686. The van der Waals surface area contributed by atoms with Crippen molar-refractivity contribution in [1.82, 2.24) is 10.6 Å². The molecular formula is C18H29N5O4. The second-order valence-electron chi connectivity index (χ2n) is 6.60. The van der Waals surface area contributed by atoms with Gasteiger partial charge in [0.05, 0.1) is 18.1 Å². The minimum absolute atomic E-state index is 0.0604. The molecule has 0 aromatic heterocycles. The first-order valence-electron chi connectivity index (χ1n) is 9.28. The second-order valence-corrected chi connectivity index (χ2v) is 6.60. The Bertz CT molecular complexity index is 632. The number of hydrogen-bond donors (Lipinski definition) is 4. The summed E-state index contributed by atoms with van der Waals surface area (Å²) < 4.78 is 5.50. The number of anilines is 1. The molecule has 1 saturated heterocycles. The van der Waals surface area contributed by atoms with E-state index in [2.05, 4.69) is 20.9 Å². The van der Waals surface area contributed by atoms with E-state index in [0.29, 0.717) is 50.9 Å². The SMILES string of the molecule is CCNC(=NCC1(CCO)CCOC1)NCCNc1ccccc1[N+](=O)[O-]. The summed E-state index contributed by atoms with van der Waals surface area (Å²) in [6.45, 7) is 5.83. The molecule has 0 saturated carbocycles. The number of nitro groups is 1. The van der Waals surface area contributed by atoms with Crippen LogP contribution in [-0.2, 0) is 4.74 Å². The Morgan fingerprint density at radius 1 is 1.37 bits per heavy atom. The molecule has 4 N–H and O–H groups in total. The number of aliphatic hydroxyl groups excluding tert-OH is 1. The van der Waals surface area contributed by atoms with E-state index in [-0.39, 0.29) is 17.7 Å². The highest BCUT2D eigenvalue weighted by molar-refractivity contribution is 5.79. The number of benzene rings is 1. The Balaban J connectivity index is 1.86. The number of hydrogen-bond acceptors (Lipinski definition) is 6. The fourth-order valence-electron chi connectivity index (χ4n) is 3.04. The number of guanidine groups is 1. The Kier molecular flexibility index (Phi) is 8.28. The van der Waals surface area contributed by atoms with Crippen LogP contribution in [0.15, 0.2) is 29.3 Å². The van der Waals surface area contributed by atoms with E-state index in [0.717, 1.165) is 13.0 Å². The van der Waals surface area contributed by atoms with Crippen LogP contribution in [0.3, 0.4) is 0 Å². The largest absolute Gasteiger partial charge is 0.396 e. The van der Waals surface area contributed by atoms with E-state index >= 15 is 0 Å². The fraction of sp³-hybridized carbons (Fsp3) is 0.611. The number of rotatable bonds is 10. The Labute approximate surface area is 159 Å². The molecule has 2 rings (SSSR count). The molecule has 0 radical (unpaired) electrons. The molecule has 27 heavy (non-hydrogen) atoms. The third kappa shape index (κ3) is 6.37. The van der Waals surface area contributed by atoms with Crippen LogP contribution in [0, 0.1) is 15.5 Å². The quantitative estimate of drug-likeness (QED) is 0.159. The van der Waals surface area contributed by atoms with Gasteiger partial charge in [0.2, 0.25) is 0 Å². The van der Waals surface area contributed by atoms with E-state index in [9.17, 15) is 15.2 Å². The van der Waals surface area contributed by atoms with Gasteiger partial charge in [-0.05, 0) is 25.8 Å². The summed E-state index contributed by atoms with van der Waals surface area (Å²) in [6.07, 6.45) is 1.57. The number of para-hydroxylation sites is 2. The van der Waals surface area contributed by atoms with Gasteiger partial charge in [0, 0.05) is 44.3 Å². The highest BCUT2D eigenvalue weighted by Crippen LogP contribution is 2.32. The normalized spacial score (nSPS) is 19.7. The number of nitrogens with one attached hydrogen (secondary N) is 3. The molecular weight excluding hydrogens is 350 g/mol. The van der Waals surface area contributed by atoms with E-state index in [1.54, 1.807) is 18.2 Å². The van der Waals surface area contributed by atoms with Gasteiger partial charge in [-0.1, -0.05) is 12.1 Å². The summed E-state index contributed by atoms with van der Waals surface area (Å²) in [4.78, 5) is 15.3. The molecule has 1 unspecified atom stereocenters. The summed E-state index contributed by atoms with van der Waals surface area (Å²) in [5.41, 5.74) is 0.460. The molecule has 1 aliphatic rings. The van der Waals surface area contributed by atoms with Crippen LogP contribution in [0.2, 0.25) is 0 Å². The summed E-state index contributed by atoms with van der Waals surface area (Å²) >= 11 is 0. The molecule has 9 nitrogen and oxygen atoms in total. The lowest BCUT2D eigenvalue weighted by molar-refractivity contribution is -0.384. The predicted octanol–water partition coefficient (Wildman–Crippen LogP) is 1.35. The fourth-order valence-corrected chi connectivity index (χ4v) is 3.04. The van der Waals surface area contributed by atoms with Gasteiger partial charge < -0.3 is 25.8 Å². The standard InChI is InChI=1S/C18H29N5O4/c1-2-19-17(22-13-18(7-11-24)8-12-27-14-18)21-10-9-20-15-5-3-4-6-16(15)23(25)26/h3-6,20,24H,2,7-14H2,1H3,(H2,19,21,22). The third-order valence-corrected chi connectivity index (χ3v) is 4.58. The van der Waals surface area contributed by atoms with Crippen LogP contribution in [-0.4, -0.2) is 62.0 Å². The zero-order chi connectivity index (χ0) is 19.5. The van der Waals surface area contributed by atoms with E-state index in [1.807, 2.05) is 6.92 Å². The molecule has 1 atom stereocenters. The van der Waals surface area contributed by atoms with Crippen molar-refractivity contribution < 1.29 is 14.8 Å². The van der Waals surface area contributed by atoms with Gasteiger partial charge >= 0.3 is 0 Å². The van der Waals surface area contributed by atoms with Crippen molar-refractivity contribution in [3.05, 3.63) is 34.4 Å². The van der Waals surface area contributed by atoms with Crippen LogP contribution < -0.4 is 16.0 Å². The van der Waals surface area contributed by atoms with Gasteiger partial charge in [0.1, 0.15) is 5.69 Å². The van der Waals surface area contributed by atoms with Crippen LogP contribution in [0.25, 0.3) is 0 Å². The van der Waals surface area contributed by atoms with Crippen molar-refractivity contribution in [2.24, 2.45) is 10.4 Å². The van der Waals surface area contributed by atoms with Crippen molar-refractivity contribution in [2.75, 3.05) is 51.3 Å². The maximum atomic E-state index is 11.0. The van der Waals surface area contributed by atoms with Crippen molar-refractivity contribution in [3.8, 4) is 0 Å². The molecule has 0 aliphatic carbocycles. The minimum atomic E-state index is -0.397. The number of aliphatic imine (C=N–C) groups is 1. The number of nitrogens with zero attached hydrogens (tertiary/aromatic N) is 2. The van der Waals surface area contributed by atoms with Crippen molar-refractivity contribution in [1.29, 1.82) is 0 Å². The van der Waals surface area contributed by atoms with E-state index in [1.165, 1.54) is 6.07 Å². The third-order valence-electron chi connectivity index (χ3n) is 4.58. The molecule has 150 valence electrons. The number of nitro benzene ring substituents is 1. The first kappa shape index (κ1) is 20.9. The van der Waals surface area contributed by atoms with E-state index < -0.39 is 4.92 Å². The smallest absolute Gasteiger partial charge is 0.292 e. The van der Waals surface area contributed by atoms with Crippen LogP contribution >= 0.6 is 0 Å². The average molecular weight is 379 g/mol. The van der Waals surface area contributed by atoms with Crippen molar-refractivity contribution >= 4 is 17.3 Å². The molecule has 1 aliphatic heterocycles. The van der Waals surface area contributed by atoms with Crippen LogP contribution in [0.4, 0.5) is 11.4 Å². The molecule has 0 amide bonds. The average Bonchev–Trinajstić information content (AvgIpc) is 3.12. The van der Waals surface area contributed by atoms with Crippen molar-refractivity contribution in [2.45, 2.75) is 19.8 Å². The molecule has 1 aromatic rings. The van der Waals surface area contributed by atoms with Gasteiger partial charge in [-0.15, -0.1) is 0 Å². The maximum absolute atomic E-state index is 11.0. The summed E-state index contributed by atoms with van der Waals surface area (Å²) in [7, 11) is 0. The highest BCUT2D eigenvalue weighted by Gasteiger charge is 2.34. The lowest BCUT2D eigenvalue weighted by Crippen LogP contribution is -2.40. The highest BCUT2D eigenvalue weighted by atomic mass is 16.6. The molecule has 1 fully saturated rings. The molecule has 0 bridgehead atoms. The van der Waals surface area contributed by atoms with Gasteiger partial charge in [0.15, 0.2) is 5.96 Å². The molecule has 9 heteroatoms. The molecule has 1 aromatic carbocycles. The molecule has 0 spiro atoms. The van der Waals surface area contributed by atoms with Gasteiger partial charge in [-0.3, -0.25) is 15.1 Å².